The minimum absolute atomic E-state index is 0.0327. The molecule has 0 radical (unpaired) electrons. The molecule has 4 nitrogen and oxygen atoms in total. The molecule has 0 spiro atoms. The molecule has 1 aliphatic rings. The van der Waals surface area contributed by atoms with Gasteiger partial charge in [0.05, 0.1) is 12.7 Å². The molecule has 1 fully saturated rings. The van der Waals surface area contributed by atoms with E-state index in [1.165, 1.54) is 23.5 Å². The second-order valence-electron chi connectivity index (χ2n) is 5.51. The normalized spacial score (nSPS) is 19.5. The van der Waals surface area contributed by atoms with E-state index in [-0.39, 0.29) is 16.8 Å². The molecular formula is C16H19FN2O2S. The highest BCUT2D eigenvalue weighted by atomic mass is 32.1. The number of hydrogen-bond acceptors (Lipinski definition) is 4. The predicted octanol–water partition coefficient (Wildman–Crippen LogP) is 2.43. The topological polar surface area (TPSA) is 34.5 Å². The molecule has 0 saturated carbocycles. The summed E-state index contributed by atoms with van der Waals surface area (Å²) in [5.74, 6) is -0.233. The van der Waals surface area contributed by atoms with E-state index in [0.29, 0.717) is 13.2 Å². The quantitative estimate of drug-likeness (QED) is 0.867. The van der Waals surface area contributed by atoms with Gasteiger partial charge in [0.2, 0.25) is 0 Å². The molecule has 1 atom stereocenters. The average molecular weight is 322 g/mol. The second-order valence-corrected chi connectivity index (χ2v) is 6.33. The van der Waals surface area contributed by atoms with Crippen LogP contribution in [0.2, 0.25) is 0 Å². The van der Waals surface area contributed by atoms with Crippen molar-refractivity contribution in [2.75, 3.05) is 26.2 Å². The highest BCUT2D eigenvalue weighted by Crippen LogP contribution is 2.22. The van der Waals surface area contributed by atoms with Crippen LogP contribution in [0.4, 0.5) is 4.39 Å². The fraction of sp³-hybridized carbons (Fsp3) is 0.438. The maximum absolute atomic E-state index is 13.0. The van der Waals surface area contributed by atoms with Crippen LogP contribution in [0, 0.1) is 12.7 Å². The van der Waals surface area contributed by atoms with Crippen molar-refractivity contribution in [3.05, 3.63) is 56.4 Å². The molecule has 3 rings (SSSR count). The Morgan fingerprint density at radius 3 is 2.77 bits per heavy atom. The van der Waals surface area contributed by atoms with Gasteiger partial charge >= 0.3 is 4.87 Å². The zero-order chi connectivity index (χ0) is 15.5. The molecule has 1 unspecified atom stereocenters. The lowest BCUT2D eigenvalue weighted by atomic mass is 10.1. The van der Waals surface area contributed by atoms with Crippen LogP contribution >= 0.6 is 11.3 Å². The van der Waals surface area contributed by atoms with Gasteiger partial charge in [0.25, 0.3) is 0 Å². The average Bonchev–Trinajstić information content (AvgIpc) is 2.85. The Labute approximate surface area is 132 Å². The third-order valence-electron chi connectivity index (χ3n) is 4.01. The lowest BCUT2D eigenvalue weighted by molar-refractivity contribution is -0.0309. The third-order valence-corrected chi connectivity index (χ3v) is 4.89. The Kier molecular flexibility index (Phi) is 4.71. The first kappa shape index (κ1) is 15.4. The van der Waals surface area contributed by atoms with Crippen molar-refractivity contribution in [1.29, 1.82) is 0 Å². The number of aryl methyl sites for hydroxylation is 1. The van der Waals surface area contributed by atoms with Crippen LogP contribution in [0.25, 0.3) is 0 Å². The number of aromatic nitrogens is 1. The SMILES string of the molecule is Cc1csc(=O)n1CCN1CCOC(c2ccc(F)cc2)C1. The Morgan fingerprint density at radius 2 is 2.09 bits per heavy atom. The largest absolute Gasteiger partial charge is 0.371 e. The number of hydrogen-bond donors (Lipinski definition) is 0. The molecule has 0 aliphatic carbocycles. The number of benzene rings is 1. The van der Waals surface area contributed by atoms with Gasteiger partial charge in [-0.15, -0.1) is 0 Å². The molecule has 118 valence electrons. The van der Waals surface area contributed by atoms with E-state index in [1.54, 1.807) is 12.1 Å². The van der Waals surface area contributed by atoms with E-state index >= 15 is 0 Å². The van der Waals surface area contributed by atoms with Gasteiger partial charge in [-0.1, -0.05) is 23.5 Å². The lowest BCUT2D eigenvalue weighted by Crippen LogP contribution is -2.40. The Morgan fingerprint density at radius 1 is 1.32 bits per heavy atom. The number of nitrogens with zero attached hydrogens (tertiary/aromatic N) is 2. The number of halogens is 1. The summed E-state index contributed by atoms with van der Waals surface area (Å²) in [6.07, 6.45) is -0.0327. The summed E-state index contributed by atoms with van der Waals surface area (Å²) in [4.78, 5) is 14.1. The van der Waals surface area contributed by atoms with Crippen LogP contribution in [-0.4, -0.2) is 35.7 Å². The van der Waals surface area contributed by atoms with Gasteiger partial charge in [0.1, 0.15) is 5.82 Å². The maximum Gasteiger partial charge on any atom is 0.307 e. The fourth-order valence-corrected chi connectivity index (χ4v) is 3.46. The van der Waals surface area contributed by atoms with E-state index in [2.05, 4.69) is 4.90 Å². The van der Waals surface area contributed by atoms with E-state index in [9.17, 15) is 9.18 Å². The van der Waals surface area contributed by atoms with Crippen molar-refractivity contribution in [1.82, 2.24) is 9.47 Å². The van der Waals surface area contributed by atoms with Gasteiger partial charge in [-0.3, -0.25) is 9.69 Å². The molecule has 1 saturated heterocycles. The summed E-state index contributed by atoms with van der Waals surface area (Å²) in [5.41, 5.74) is 2.01. The van der Waals surface area contributed by atoms with Crippen LogP contribution < -0.4 is 4.87 Å². The maximum atomic E-state index is 13.0. The third kappa shape index (κ3) is 3.45. The van der Waals surface area contributed by atoms with Gasteiger partial charge < -0.3 is 9.30 Å². The smallest absolute Gasteiger partial charge is 0.307 e. The number of rotatable bonds is 4. The highest BCUT2D eigenvalue weighted by Gasteiger charge is 2.22. The van der Waals surface area contributed by atoms with E-state index in [4.69, 9.17) is 4.74 Å². The Balaban J connectivity index is 1.61. The summed E-state index contributed by atoms with van der Waals surface area (Å²) in [6, 6.07) is 6.48. The molecule has 1 aromatic heterocycles. The second kappa shape index (κ2) is 6.73. The van der Waals surface area contributed by atoms with E-state index in [1.807, 2.05) is 16.9 Å². The summed E-state index contributed by atoms with van der Waals surface area (Å²) in [6.45, 7) is 5.75. The van der Waals surface area contributed by atoms with Gasteiger partial charge in [0.15, 0.2) is 0 Å². The molecule has 0 N–H and O–H groups in total. The molecule has 1 aromatic carbocycles. The molecule has 0 amide bonds. The minimum Gasteiger partial charge on any atom is -0.371 e. The van der Waals surface area contributed by atoms with E-state index in [0.717, 1.165) is 30.9 Å². The van der Waals surface area contributed by atoms with Crippen LogP contribution in [0.1, 0.15) is 17.4 Å². The van der Waals surface area contributed by atoms with Crippen molar-refractivity contribution in [2.45, 2.75) is 19.6 Å². The van der Waals surface area contributed by atoms with Gasteiger partial charge in [-0.05, 0) is 24.6 Å². The van der Waals surface area contributed by atoms with Crippen LogP contribution in [0.5, 0.6) is 0 Å². The Hall–Kier alpha value is -1.50. The lowest BCUT2D eigenvalue weighted by Gasteiger charge is -2.33. The van der Waals surface area contributed by atoms with Gasteiger partial charge in [0, 0.05) is 37.3 Å². The fourth-order valence-electron chi connectivity index (χ4n) is 2.70. The molecule has 22 heavy (non-hydrogen) atoms. The number of ether oxygens (including phenoxy) is 1. The predicted molar refractivity (Wildman–Crippen MR) is 84.8 cm³/mol. The van der Waals surface area contributed by atoms with Crippen molar-refractivity contribution in [3.8, 4) is 0 Å². The molecule has 6 heteroatoms. The first-order valence-corrected chi connectivity index (χ1v) is 8.26. The van der Waals surface area contributed by atoms with Crippen molar-refractivity contribution in [3.63, 3.8) is 0 Å². The van der Waals surface area contributed by atoms with Gasteiger partial charge in [-0.25, -0.2) is 4.39 Å². The first-order valence-electron chi connectivity index (χ1n) is 7.38. The van der Waals surface area contributed by atoms with Crippen molar-refractivity contribution >= 4 is 11.3 Å². The molecule has 2 aromatic rings. The summed E-state index contributed by atoms with van der Waals surface area (Å²) in [7, 11) is 0. The van der Waals surface area contributed by atoms with Crippen LogP contribution in [-0.2, 0) is 11.3 Å². The summed E-state index contributed by atoms with van der Waals surface area (Å²) in [5, 5.41) is 1.89. The van der Waals surface area contributed by atoms with Crippen molar-refractivity contribution < 1.29 is 9.13 Å². The van der Waals surface area contributed by atoms with Gasteiger partial charge in [-0.2, -0.15) is 0 Å². The summed E-state index contributed by atoms with van der Waals surface area (Å²) >= 11 is 1.25. The highest BCUT2D eigenvalue weighted by molar-refractivity contribution is 7.07. The molecular weight excluding hydrogens is 303 g/mol. The zero-order valence-electron chi connectivity index (χ0n) is 12.5. The zero-order valence-corrected chi connectivity index (χ0v) is 13.3. The van der Waals surface area contributed by atoms with Crippen LogP contribution in [0.3, 0.4) is 0 Å². The monoisotopic (exact) mass is 322 g/mol. The number of morpholine rings is 1. The molecule has 1 aliphatic heterocycles. The Bertz CT molecular complexity index is 680. The molecule has 2 heterocycles. The van der Waals surface area contributed by atoms with Crippen LogP contribution in [0.15, 0.2) is 34.4 Å². The molecule has 0 bridgehead atoms. The minimum atomic E-state index is -0.233. The number of thiazole rings is 1. The van der Waals surface area contributed by atoms with Crippen molar-refractivity contribution in [2.24, 2.45) is 0 Å². The van der Waals surface area contributed by atoms with E-state index < -0.39 is 0 Å². The first-order chi connectivity index (χ1) is 10.6. The summed E-state index contributed by atoms with van der Waals surface area (Å²) < 4.78 is 20.6. The standard InChI is InChI=1S/C16H19FN2O2S/c1-12-11-22-16(20)19(12)7-6-18-8-9-21-15(10-18)13-2-4-14(17)5-3-13/h2-5,11,15H,6-10H2,1H3.